The lowest BCUT2D eigenvalue weighted by molar-refractivity contribution is 0.284. The van der Waals surface area contributed by atoms with Gasteiger partial charge in [-0.05, 0) is 42.0 Å². The second-order valence-electron chi connectivity index (χ2n) is 5.78. The third kappa shape index (κ3) is 5.11. The first-order valence-corrected chi connectivity index (χ1v) is 9.37. The minimum Gasteiger partial charge on any atom is -0.493 e. The molecule has 0 spiro atoms. The van der Waals surface area contributed by atoms with E-state index in [2.05, 4.69) is 5.32 Å². The minimum absolute atomic E-state index is 0.185. The lowest BCUT2D eigenvalue weighted by atomic mass is 10.2. The van der Waals surface area contributed by atoms with Crippen LogP contribution in [0, 0.1) is 0 Å². The smallest absolute Gasteiger partial charge is 0.180 e. The fourth-order valence-corrected chi connectivity index (χ4v) is 3.37. The van der Waals surface area contributed by atoms with Gasteiger partial charge < -0.3 is 19.2 Å². The van der Waals surface area contributed by atoms with Gasteiger partial charge in [-0.1, -0.05) is 40.9 Å². The third-order valence-electron chi connectivity index (χ3n) is 3.92. The Labute approximate surface area is 172 Å². The summed E-state index contributed by atoms with van der Waals surface area (Å²) in [4.78, 5) is 0. The molecule has 3 aromatic rings. The number of furan rings is 1. The first-order chi connectivity index (χ1) is 13.1. The molecular formula is C20H18Cl3NO3. The van der Waals surface area contributed by atoms with Gasteiger partial charge in [0.15, 0.2) is 11.5 Å². The predicted molar refractivity (Wildman–Crippen MR) is 108 cm³/mol. The molecule has 27 heavy (non-hydrogen) atoms. The number of methoxy groups -OCH3 is 1. The molecule has 4 nitrogen and oxygen atoms in total. The van der Waals surface area contributed by atoms with Gasteiger partial charge in [0.2, 0.25) is 0 Å². The summed E-state index contributed by atoms with van der Waals surface area (Å²) in [7, 11) is 1.57. The van der Waals surface area contributed by atoms with Crippen molar-refractivity contribution in [1.29, 1.82) is 0 Å². The fourth-order valence-electron chi connectivity index (χ4n) is 2.57. The van der Waals surface area contributed by atoms with Crippen molar-refractivity contribution in [1.82, 2.24) is 5.32 Å². The maximum absolute atomic E-state index is 6.42. The Morgan fingerprint density at radius 1 is 0.963 bits per heavy atom. The van der Waals surface area contributed by atoms with Crippen molar-refractivity contribution in [2.24, 2.45) is 0 Å². The van der Waals surface area contributed by atoms with Gasteiger partial charge >= 0.3 is 0 Å². The largest absolute Gasteiger partial charge is 0.493 e. The number of nitrogens with one attached hydrogen (secondary N) is 1. The Morgan fingerprint density at radius 2 is 1.74 bits per heavy atom. The molecule has 0 saturated carbocycles. The number of hydrogen-bond acceptors (Lipinski definition) is 4. The third-order valence-corrected chi connectivity index (χ3v) is 4.91. The minimum atomic E-state index is 0.185. The van der Waals surface area contributed by atoms with Crippen LogP contribution in [-0.2, 0) is 19.7 Å². The summed E-state index contributed by atoms with van der Waals surface area (Å²) in [6.45, 7) is 1.41. The van der Waals surface area contributed by atoms with Crippen LogP contribution in [0.2, 0.25) is 15.1 Å². The van der Waals surface area contributed by atoms with Crippen molar-refractivity contribution in [3.8, 4) is 11.5 Å². The van der Waals surface area contributed by atoms with Crippen LogP contribution in [0.3, 0.4) is 0 Å². The molecule has 2 aromatic carbocycles. The Morgan fingerprint density at radius 3 is 2.41 bits per heavy atom. The van der Waals surface area contributed by atoms with Crippen molar-refractivity contribution < 1.29 is 13.9 Å². The van der Waals surface area contributed by atoms with Gasteiger partial charge in [-0.25, -0.2) is 0 Å². The average Bonchev–Trinajstić information content (AvgIpc) is 3.15. The molecule has 142 valence electrons. The molecule has 0 radical (unpaired) electrons. The second kappa shape index (κ2) is 9.38. The first kappa shape index (κ1) is 19.9. The molecular weight excluding hydrogens is 409 g/mol. The van der Waals surface area contributed by atoms with E-state index in [4.69, 9.17) is 48.7 Å². The Bertz CT molecular complexity index is 877. The number of benzene rings is 2. The van der Waals surface area contributed by atoms with Crippen LogP contribution in [0.15, 0.2) is 53.1 Å². The normalized spacial score (nSPS) is 10.8. The standard InChI is InChI=1S/C20H18Cl3NO3/c1-25-19-9-13(10-24-11-14-4-3-7-26-14)8-18(23)20(19)27-12-15-16(21)5-2-6-17(15)22/h2-9,24H,10-12H2,1H3. The Hall–Kier alpha value is -1.85. The second-order valence-corrected chi connectivity index (χ2v) is 7.00. The van der Waals surface area contributed by atoms with Crippen LogP contribution in [0.4, 0.5) is 0 Å². The van der Waals surface area contributed by atoms with Crippen molar-refractivity contribution in [2.75, 3.05) is 7.11 Å². The SMILES string of the molecule is COc1cc(CNCc2ccco2)cc(Cl)c1OCc1c(Cl)cccc1Cl. The molecule has 0 aliphatic heterocycles. The van der Waals surface area contributed by atoms with Gasteiger partial charge in [0.05, 0.1) is 24.9 Å². The topological polar surface area (TPSA) is 43.6 Å². The number of hydrogen-bond donors (Lipinski definition) is 1. The molecule has 0 saturated heterocycles. The van der Waals surface area contributed by atoms with Crippen LogP contribution in [0.5, 0.6) is 11.5 Å². The molecule has 1 aromatic heterocycles. The molecule has 0 aliphatic carbocycles. The van der Waals surface area contributed by atoms with Gasteiger partial charge in [0.1, 0.15) is 12.4 Å². The Kier molecular flexibility index (Phi) is 6.91. The van der Waals surface area contributed by atoms with Crippen LogP contribution < -0.4 is 14.8 Å². The van der Waals surface area contributed by atoms with E-state index in [0.29, 0.717) is 45.2 Å². The van der Waals surface area contributed by atoms with Gasteiger partial charge in [0.25, 0.3) is 0 Å². The molecule has 0 amide bonds. The van der Waals surface area contributed by atoms with E-state index in [9.17, 15) is 0 Å². The van der Waals surface area contributed by atoms with Crippen molar-refractivity contribution in [2.45, 2.75) is 19.7 Å². The summed E-state index contributed by atoms with van der Waals surface area (Å²) >= 11 is 18.8. The lowest BCUT2D eigenvalue weighted by Crippen LogP contribution is -2.12. The molecule has 0 fully saturated rings. The maximum Gasteiger partial charge on any atom is 0.180 e. The highest BCUT2D eigenvalue weighted by Gasteiger charge is 2.14. The molecule has 0 aliphatic rings. The van der Waals surface area contributed by atoms with Crippen molar-refractivity contribution in [3.63, 3.8) is 0 Å². The molecule has 0 atom stereocenters. The quantitative estimate of drug-likeness (QED) is 0.471. The van der Waals surface area contributed by atoms with E-state index in [1.807, 2.05) is 24.3 Å². The molecule has 1 N–H and O–H groups in total. The molecule has 0 unspecified atom stereocenters. The number of halogens is 3. The maximum atomic E-state index is 6.42. The zero-order valence-corrected chi connectivity index (χ0v) is 16.9. The molecule has 0 bridgehead atoms. The van der Waals surface area contributed by atoms with E-state index < -0.39 is 0 Å². The molecule has 7 heteroatoms. The van der Waals surface area contributed by atoms with Gasteiger partial charge in [-0.15, -0.1) is 0 Å². The predicted octanol–water partition coefficient (Wildman–Crippen LogP) is 6.12. The van der Waals surface area contributed by atoms with Crippen LogP contribution >= 0.6 is 34.8 Å². The fraction of sp³-hybridized carbons (Fsp3) is 0.200. The highest BCUT2D eigenvalue weighted by molar-refractivity contribution is 6.36. The zero-order chi connectivity index (χ0) is 19.2. The highest BCUT2D eigenvalue weighted by Crippen LogP contribution is 2.38. The van der Waals surface area contributed by atoms with E-state index in [-0.39, 0.29) is 6.61 Å². The van der Waals surface area contributed by atoms with E-state index in [1.165, 1.54) is 0 Å². The van der Waals surface area contributed by atoms with Crippen LogP contribution in [0.1, 0.15) is 16.9 Å². The highest BCUT2D eigenvalue weighted by atomic mass is 35.5. The summed E-state index contributed by atoms with van der Waals surface area (Å²) in [5, 5.41) is 4.82. The Balaban J connectivity index is 1.70. The summed E-state index contributed by atoms with van der Waals surface area (Å²) in [6, 6.07) is 12.8. The van der Waals surface area contributed by atoms with Gasteiger partial charge in [0, 0.05) is 22.2 Å². The summed E-state index contributed by atoms with van der Waals surface area (Å²) in [6.07, 6.45) is 1.65. The summed E-state index contributed by atoms with van der Waals surface area (Å²) in [5.41, 5.74) is 1.66. The van der Waals surface area contributed by atoms with Crippen LogP contribution in [-0.4, -0.2) is 7.11 Å². The van der Waals surface area contributed by atoms with Crippen LogP contribution in [0.25, 0.3) is 0 Å². The average molecular weight is 427 g/mol. The zero-order valence-electron chi connectivity index (χ0n) is 14.6. The van der Waals surface area contributed by atoms with E-state index >= 15 is 0 Å². The van der Waals surface area contributed by atoms with E-state index in [0.717, 1.165) is 11.3 Å². The first-order valence-electron chi connectivity index (χ1n) is 8.23. The number of rotatable bonds is 8. The lowest BCUT2D eigenvalue weighted by Gasteiger charge is -2.15. The van der Waals surface area contributed by atoms with Crippen molar-refractivity contribution in [3.05, 3.63) is 80.7 Å². The van der Waals surface area contributed by atoms with Crippen molar-refractivity contribution >= 4 is 34.8 Å². The monoisotopic (exact) mass is 425 g/mol. The molecule has 1 heterocycles. The summed E-state index contributed by atoms with van der Waals surface area (Å²) in [5.74, 6) is 1.86. The van der Waals surface area contributed by atoms with Gasteiger partial charge in [-0.2, -0.15) is 0 Å². The molecule has 3 rings (SSSR count). The van der Waals surface area contributed by atoms with E-state index in [1.54, 1.807) is 31.6 Å². The summed E-state index contributed by atoms with van der Waals surface area (Å²) < 4.78 is 16.6. The number of ether oxygens (including phenoxy) is 2. The van der Waals surface area contributed by atoms with Gasteiger partial charge in [-0.3, -0.25) is 0 Å².